The summed E-state index contributed by atoms with van der Waals surface area (Å²) < 4.78 is 33.5. The fourth-order valence-electron chi connectivity index (χ4n) is 2.78. The first-order valence-electron chi connectivity index (χ1n) is 6.80. The highest BCUT2D eigenvalue weighted by molar-refractivity contribution is 9.10. The van der Waals surface area contributed by atoms with Crippen molar-refractivity contribution in [1.29, 1.82) is 0 Å². The normalized spacial score (nSPS) is 17.4. The third-order valence-electron chi connectivity index (χ3n) is 3.82. The molecule has 1 aliphatic carbocycles. The topological polar surface area (TPSA) is 26.3 Å². The first-order chi connectivity index (χ1) is 9.50. The maximum atomic E-state index is 13.9. The van der Waals surface area contributed by atoms with E-state index in [0.29, 0.717) is 19.4 Å². The Morgan fingerprint density at radius 1 is 1.35 bits per heavy atom. The zero-order valence-corrected chi connectivity index (χ0v) is 12.9. The molecule has 0 aromatic heterocycles. The third kappa shape index (κ3) is 2.93. The zero-order valence-electron chi connectivity index (χ0n) is 11.3. The first-order valence-corrected chi connectivity index (χ1v) is 7.59. The fraction of sp³-hybridized carbons (Fsp3) is 0.533. The second-order valence-electron chi connectivity index (χ2n) is 5.06. The molecule has 110 valence electrons. The summed E-state index contributed by atoms with van der Waals surface area (Å²) in [6.45, 7) is 2.25. The summed E-state index contributed by atoms with van der Waals surface area (Å²) in [7, 11) is 0. The van der Waals surface area contributed by atoms with Gasteiger partial charge in [-0.15, -0.1) is 0 Å². The Balaban J connectivity index is 2.25. The molecule has 0 spiro atoms. The largest absolute Gasteiger partial charge is 0.367 e. The van der Waals surface area contributed by atoms with Crippen molar-refractivity contribution in [2.75, 3.05) is 6.61 Å². The molecule has 20 heavy (non-hydrogen) atoms. The number of hydrogen-bond acceptors (Lipinski definition) is 2. The molecule has 5 heteroatoms. The molecule has 0 N–H and O–H groups in total. The Labute approximate surface area is 125 Å². The molecule has 1 aliphatic rings. The maximum Gasteiger partial charge on any atom is 0.169 e. The third-order valence-corrected chi connectivity index (χ3v) is 4.43. The minimum Gasteiger partial charge on any atom is -0.367 e. The average Bonchev–Trinajstić information content (AvgIpc) is 2.89. The van der Waals surface area contributed by atoms with Gasteiger partial charge in [-0.25, -0.2) is 8.78 Å². The molecule has 1 aromatic rings. The predicted molar refractivity (Wildman–Crippen MR) is 75.6 cm³/mol. The molecule has 0 radical (unpaired) electrons. The van der Waals surface area contributed by atoms with E-state index >= 15 is 0 Å². The smallest absolute Gasteiger partial charge is 0.169 e. The lowest BCUT2D eigenvalue weighted by atomic mass is 9.91. The van der Waals surface area contributed by atoms with Crippen LogP contribution in [0, 0.1) is 11.6 Å². The van der Waals surface area contributed by atoms with Crippen molar-refractivity contribution in [3.8, 4) is 0 Å². The Morgan fingerprint density at radius 2 is 2.00 bits per heavy atom. The molecule has 0 aliphatic heterocycles. The average molecular weight is 347 g/mol. The first kappa shape index (κ1) is 15.6. The lowest BCUT2D eigenvalue weighted by Crippen LogP contribution is -2.40. The minimum absolute atomic E-state index is 0.165. The fourth-order valence-corrected chi connectivity index (χ4v) is 3.15. The number of carbonyl (C=O) groups excluding carboxylic acids is 1. The number of benzene rings is 1. The van der Waals surface area contributed by atoms with E-state index in [1.165, 1.54) is 6.07 Å². The van der Waals surface area contributed by atoms with Crippen molar-refractivity contribution in [2.45, 2.75) is 44.6 Å². The second kappa shape index (κ2) is 6.31. The molecular formula is C15H17BrF2O2. The molecule has 2 rings (SSSR count). The van der Waals surface area contributed by atoms with Gasteiger partial charge in [-0.1, -0.05) is 0 Å². The van der Waals surface area contributed by atoms with Crippen LogP contribution < -0.4 is 0 Å². The van der Waals surface area contributed by atoms with E-state index in [1.807, 2.05) is 6.92 Å². The van der Waals surface area contributed by atoms with Crippen molar-refractivity contribution >= 4 is 21.7 Å². The van der Waals surface area contributed by atoms with Crippen LogP contribution in [0.15, 0.2) is 16.6 Å². The van der Waals surface area contributed by atoms with Crippen LogP contribution in [0.5, 0.6) is 0 Å². The molecule has 0 unspecified atom stereocenters. The van der Waals surface area contributed by atoms with Gasteiger partial charge < -0.3 is 4.74 Å². The second-order valence-corrected chi connectivity index (χ2v) is 5.91. The van der Waals surface area contributed by atoms with Gasteiger partial charge in [0.25, 0.3) is 0 Å². The van der Waals surface area contributed by atoms with Gasteiger partial charge in [-0.05, 0) is 60.7 Å². The molecule has 1 fully saturated rings. The van der Waals surface area contributed by atoms with Crippen molar-refractivity contribution in [3.63, 3.8) is 0 Å². The van der Waals surface area contributed by atoms with E-state index in [9.17, 15) is 13.6 Å². The molecule has 0 amide bonds. The lowest BCUT2D eigenvalue weighted by molar-refractivity contribution is -0.142. The molecule has 0 heterocycles. The van der Waals surface area contributed by atoms with Crippen LogP contribution in [-0.4, -0.2) is 18.0 Å². The number of hydrogen-bond donors (Lipinski definition) is 0. The standard InChI is InChI=1S/C15H17BrF2O2/c1-2-20-15(7-3-4-8-15)13(19)9-10-12(17)6-5-11(16)14(10)18/h5-6H,2-4,7-9H2,1H3. The maximum absolute atomic E-state index is 13.9. The van der Waals surface area contributed by atoms with E-state index < -0.39 is 17.2 Å². The number of Topliss-reactive ketones (excluding diaryl/α,β-unsaturated/α-hetero) is 1. The van der Waals surface area contributed by atoms with Gasteiger partial charge in [0.2, 0.25) is 0 Å². The van der Waals surface area contributed by atoms with Crippen LogP contribution in [0.2, 0.25) is 0 Å². The van der Waals surface area contributed by atoms with Crippen LogP contribution in [0.4, 0.5) is 8.78 Å². The summed E-state index contributed by atoms with van der Waals surface area (Å²) in [6, 6.07) is 2.46. The van der Waals surface area contributed by atoms with Crippen molar-refractivity contribution < 1.29 is 18.3 Å². The Bertz CT molecular complexity index is 511. The van der Waals surface area contributed by atoms with Gasteiger partial charge in [-0.3, -0.25) is 4.79 Å². The summed E-state index contributed by atoms with van der Waals surface area (Å²) >= 11 is 3.01. The molecule has 1 saturated carbocycles. The van der Waals surface area contributed by atoms with E-state index in [4.69, 9.17) is 4.74 Å². The highest BCUT2D eigenvalue weighted by Gasteiger charge is 2.41. The van der Waals surface area contributed by atoms with Gasteiger partial charge in [0.1, 0.15) is 17.2 Å². The van der Waals surface area contributed by atoms with Crippen LogP contribution in [0.3, 0.4) is 0 Å². The monoisotopic (exact) mass is 346 g/mol. The number of carbonyl (C=O) groups is 1. The SMILES string of the molecule is CCOC1(C(=O)Cc2c(F)ccc(Br)c2F)CCCC1. The van der Waals surface area contributed by atoms with Crippen LogP contribution in [0.1, 0.15) is 38.2 Å². The summed E-state index contributed by atoms with van der Waals surface area (Å²) in [5.74, 6) is -1.63. The Hall–Kier alpha value is -0.810. The van der Waals surface area contributed by atoms with E-state index in [-0.39, 0.29) is 22.2 Å². The zero-order chi connectivity index (χ0) is 14.8. The van der Waals surface area contributed by atoms with Gasteiger partial charge in [-0.2, -0.15) is 0 Å². The number of rotatable bonds is 5. The number of ketones is 1. The quantitative estimate of drug-likeness (QED) is 0.747. The van der Waals surface area contributed by atoms with Gasteiger partial charge in [0.15, 0.2) is 5.78 Å². The van der Waals surface area contributed by atoms with Crippen LogP contribution in [0.25, 0.3) is 0 Å². The number of ether oxygens (including phenoxy) is 1. The molecule has 1 aromatic carbocycles. The van der Waals surface area contributed by atoms with Crippen molar-refractivity contribution in [2.24, 2.45) is 0 Å². The van der Waals surface area contributed by atoms with Gasteiger partial charge in [0.05, 0.1) is 4.47 Å². The summed E-state index contributed by atoms with van der Waals surface area (Å²) in [5.41, 5.74) is -1.04. The molecule has 0 atom stereocenters. The van der Waals surface area contributed by atoms with Crippen LogP contribution in [-0.2, 0) is 16.0 Å². The highest BCUT2D eigenvalue weighted by atomic mass is 79.9. The predicted octanol–water partition coefficient (Wildman–Crippen LogP) is 4.19. The van der Waals surface area contributed by atoms with Gasteiger partial charge >= 0.3 is 0 Å². The number of halogens is 3. The lowest BCUT2D eigenvalue weighted by Gasteiger charge is -2.27. The molecule has 0 bridgehead atoms. The van der Waals surface area contributed by atoms with E-state index in [0.717, 1.165) is 18.9 Å². The minimum atomic E-state index is -0.851. The molecule has 2 nitrogen and oxygen atoms in total. The van der Waals surface area contributed by atoms with Crippen molar-refractivity contribution in [1.82, 2.24) is 0 Å². The summed E-state index contributed by atoms with van der Waals surface area (Å²) in [6.07, 6.45) is 2.83. The Kier molecular flexibility index (Phi) is 4.91. The highest BCUT2D eigenvalue weighted by Crippen LogP contribution is 2.35. The summed E-state index contributed by atoms with van der Waals surface area (Å²) in [5, 5.41) is 0. The van der Waals surface area contributed by atoms with Crippen molar-refractivity contribution in [3.05, 3.63) is 33.8 Å². The Morgan fingerprint density at radius 3 is 2.60 bits per heavy atom. The molecule has 0 saturated heterocycles. The molecular weight excluding hydrogens is 330 g/mol. The summed E-state index contributed by atoms with van der Waals surface area (Å²) in [4.78, 5) is 12.5. The van der Waals surface area contributed by atoms with Crippen LogP contribution >= 0.6 is 15.9 Å². The van der Waals surface area contributed by atoms with E-state index in [2.05, 4.69) is 15.9 Å². The van der Waals surface area contributed by atoms with E-state index in [1.54, 1.807) is 0 Å². The van der Waals surface area contributed by atoms with Gasteiger partial charge in [0, 0.05) is 18.6 Å².